The van der Waals surface area contributed by atoms with E-state index in [2.05, 4.69) is 25.6 Å². The van der Waals surface area contributed by atoms with Gasteiger partial charge in [-0.05, 0) is 37.3 Å². The summed E-state index contributed by atoms with van der Waals surface area (Å²) in [4.78, 5) is 12.9. The van der Waals surface area contributed by atoms with E-state index in [0.29, 0.717) is 11.4 Å². The Kier molecular flexibility index (Phi) is 6.36. The third kappa shape index (κ3) is 5.15. The van der Waals surface area contributed by atoms with Gasteiger partial charge in [0.1, 0.15) is 11.6 Å². The van der Waals surface area contributed by atoms with Crippen molar-refractivity contribution < 1.29 is 23.0 Å². The molecule has 3 rings (SSSR count). The molecule has 0 aliphatic heterocycles. The lowest BCUT2D eigenvalue weighted by Crippen LogP contribution is -2.21. The molecule has 1 atom stereocenters. The summed E-state index contributed by atoms with van der Waals surface area (Å²) in [5, 5.41) is 15.1. The minimum Gasteiger partial charge on any atom is -0.496 e. The van der Waals surface area contributed by atoms with Crippen LogP contribution in [0.25, 0.3) is 11.4 Å². The average Bonchev–Trinajstić information content (AvgIpc) is 2.73. The zero-order chi connectivity index (χ0) is 21.7. The fraction of sp³-hybridized carbons (Fsp3) is 0.250. The van der Waals surface area contributed by atoms with Crippen LogP contribution in [-0.2, 0) is 6.18 Å². The van der Waals surface area contributed by atoms with Crippen molar-refractivity contribution in [3.8, 4) is 17.1 Å². The molecule has 0 spiro atoms. The first-order valence-electron chi connectivity index (χ1n) is 9.00. The molecule has 7 nitrogen and oxygen atoms in total. The molecule has 2 heterocycles. The molecule has 0 unspecified atom stereocenters. The lowest BCUT2D eigenvalue weighted by Gasteiger charge is -2.16. The summed E-state index contributed by atoms with van der Waals surface area (Å²) in [5.41, 5.74) is 0.301. The second-order valence-corrected chi connectivity index (χ2v) is 6.44. The SMILES string of the molecule is COc1ccc(Nc2cc(-c3ccccn3)nc(N[C@H](C)CO)n2)cc1C(F)(F)F. The van der Waals surface area contributed by atoms with Crippen molar-refractivity contribution in [2.75, 3.05) is 24.4 Å². The molecule has 0 aliphatic rings. The van der Waals surface area contributed by atoms with Crippen molar-refractivity contribution in [2.24, 2.45) is 0 Å². The number of pyridine rings is 1. The molecule has 0 saturated carbocycles. The molecule has 158 valence electrons. The topological polar surface area (TPSA) is 92.2 Å². The first-order valence-corrected chi connectivity index (χ1v) is 9.00. The standard InChI is InChI=1S/C20H20F3N5O2/c1-12(11-29)25-19-27-16(15-5-3-4-8-24-15)10-18(28-19)26-13-6-7-17(30-2)14(9-13)20(21,22)23/h3-10,12,29H,11H2,1-2H3,(H2,25,26,27,28)/t12-/m1/s1. The number of nitrogens with one attached hydrogen (secondary N) is 2. The summed E-state index contributed by atoms with van der Waals surface area (Å²) in [6.45, 7) is 1.59. The lowest BCUT2D eigenvalue weighted by molar-refractivity contribution is -0.138. The Morgan fingerprint density at radius 3 is 2.53 bits per heavy atom. The van der Waals surface area contributed by atoms with Crippen LogP contribution in [-0.4, -0.2) is 39.8 Å². The van der Waals surface area contributed by atoms with E-state index < -0.39 is 11.7 Å². The Bertz CT molecular complexity index is 999. The van der Waals surface area contributed by atoms with Gasteiger partial charge in [-0.1, -0.05) is 6.07 Å². The molecule has 10 heteroatoms. The molecular formula is C20H20F3N5O2. The Balaban J connectivity index is 2.00. The van der Waals surface area contributed by atoms with Gasteiger partial charge in [0, 0.05) is 24.0 Å². The highest BCUT2D eigenvalue weighted by Gasteiger charge is 2.34. The largest absolute Gasteiger partial charge is 0.496 e. The molecule has 0 fully saturated rings. The van der Waals surface area contributed by atoms with Gasteiger partial charge in [-0.2, -0.15) is 18.2 Å². The van der Waals surface area contributed by atoms with Gasteiger partial charge in [0.2, 0.25) is 5.95 Å². The second kappa shape index (κ2) is 8.95. The predicted octanol–water partition coefficient (Wildman–Crippen LogP) is 4.10. The zero-order valence-corrected chi connectivity index (χ0v) is 16.2. The molecule has 0 amide bonds. The normalized spacial score (nSPS) is 12.3. The van der Waals surface area contributed by atoms with Crippen LogP contribution in [0.5, 0.6) is 5.75 Å². The van der Waals surface area contributed by atoms with Gasteiger partial charge < -0.3 is 20.5 Å². The predicted molar refractivity (Wildman–Crippen MR) is 107 cm³/mol. The third-order valence-electron chi connectivity index (χ3n) is 4.08. The number of aromatic nitrogens is 3. The molecule has 0 bridgehead atoms. The van der Waals surface area contributed by atoms with Gasteiger partial charge in [0.05, 0.1) is 30.7 Å². The number of benzene rings is 1. The van der Waals surface area contributed by atoms with Crippen LogP contribution in [0.1, 0.15) is 12.5 Å². The third-order valence-corrected chi connectivity index (χ3v) is 4.08. The molecular weight excluding hydrogens is 399 g/mol. The van der Waals surface area contributed by atoms with Gasteiger partial charge in [-0.3, -0.25) is 4.98 Å². The van der Waals surface area contributed by atoms with E-state index in [4.69, 9.17) is 4.74 Å². The number of nitrogens with zero attached hydrogens (tertiary/aromatic N) is 3. The Morgan fingerprint density at radius 1 is 1.10 bits per heavy atom. The van der Waals surface area contributed by atoms with E-state index in [-0.39, 0.29) is 35.9 Å². The van der Waals surface area contributed by atoms with Gasteiger partial charge in [0.25, 0.3) is 0 Å². The zero-order valence-electron chi connectivity index (χ0n) is 16.2. The lowest BCUT2D eigenvalue weighted by atomic mass is 10.1. The van der Waals surface area contributed by atoms with E-state index in [9.17, 15) is 18.3 Å². The highest BCUT2D eigenvalue weighted by molar-refractivity contribution is 5.66. The van der Waals surface area contributed by atoms with E-state index in [0.717, 1.165) is 6.07 Å². The van der Waals surface area contributed by atoms with Crippen molar-refractivity contribution in [3.05, 3.63) is 54.2 Å². The maximum atomic E-state index is 13.3. The quantitative estimate of drug-likeness (QED) is 0.531. The van der Waals surface area contributed by atoms with Crippen LogP contribution in [0.2, 0.25) is 0 Å². The number of aliphatic hydroxyl groups excluding tert-OH is 1. The monoisotopic (exact) mass is 419 g/mol. The summed E-state index contributed by atoms with van der Waals surface area (Å²) in [5.74, 6) is 0.187. The number of alkyl halides is 3. The van der Waals surface area contributed by atoms with Gasteiger partial charge in [0.15, 0.2) is 0 Å². The second-order valence-electron chi connectivity index (χ2n) is 6.44. The number of rotatable bonds is 7. The number of aliphatic hydroxyl groups is 1. The van der Waals surface area contributed by atoms with E-state index in [1.54, 1.807) is 37.4 Å². The Labute approximate surface area is 171 Å². The first-order chi connectivity index (χ1) is 14.3. The summed E-state index contributed by atoms with van der Waals surface area (Å²) in [7, 11) is 1.18. The van der Waals surface area contributed by atoms with E-state index >= 15 is 0 Å². The Morgan fingerprint density at radius 2 is 1.90 bits per heavy atom. The molecule has 0 aliphatic carbocycles. The molecule has 30 heavy (non-hydrogen) atoms. The number of methoxy groups -OCH3 is 1. The minimum absolute atomic E-state index is 0.145. The van der Waals surface area contributed by atoms with Crippen LogP contribution >= 0.6 is 0 Å². The van der Waals surface area contributed by atoms with Crippen LogP contribution in [0.3, 0.4) is 0 Å². The van der Waals surface area contributed by atoms with Crippen molar-refractivity contribution in [1.29, 1.82) is 0 Å². The van der Waals surface area contributed by atoms with Gasteiger partial charge in [-0.15, -0.1) is 0 Å². The molecule has 2 aromatic heterocycles. The van der Waals surface area contributed by atoms with Crippen molar-refractivity contribution in [2.45, 2.75) is 19.1 Å². The fourth-order valence-electron chi connectivity index (χ4n) is 2.64. The minimum atomic E-state index is -4.57. The van der Waals surface area contributed by atoms with E-state index in [1.165, 1.54) is 19.2 Å². The van der Waals surface area contributed by atoms with Crippen LogP contribution in [0.15, 0.2) is 48.7 Å². The number of hydrogen-bond acceptors (Lipinski definition) is 7. The molecule has 3 N–H and O–H groups in total. The van der Waals surface area contributed by atoms with E-state index in [1.807, 2.05) is 0 Å². The summed E-state index contributed by atoms with van der Waals surface area (Å²) < 4.78 is 44.7. The van der Waals surface area contributed by atoms with Crippen LogP contribution < -0.4 is 15.4 Å². The summed E-state index contributed by atoms with van der Waals surface area (Å²) >= 11 is 0. The summed E-state index contributed by atoms with van der Waals surface area (Å²) in [6, 6.07) is 10.2. The number of anilines is 3. The van der Waals surface area contributed by atoms with Crippen LogP contribution in [0.4, 0.5) is 30.6 Å². The number of hydrogen-bond donors (Lipinski definition) is 3. The van der Waals surface area contributed by atoms with Crippen molar-refractivity contribution in [3.63, 3.8) is 0 Å². The maximum absolute atomic E-state index is 13.3. The molecule has 0 saturated heterocycles. The van der Waals surface area contributed by atoms with Gasteiger partial charge in [-0.25, -0.2) is 4.98 Å². The summed E-state index contributed by atoms with van der Waals surface area (Å²) in [6.07, 6.45) is -2.97. The van der Waals surface area contributed by atoms with Crippen molar-refractivity contribution >= 4 is 17.5 Å². The van der Waals surface area contributed by atoms with Crippen LogP contribution in [0, 0.1) is 0 Å². The molecule has 1 aromatic carbocycles. The highest BCUT2D eigenvalue weighted by Crippen LogP contribution is 2.38. The van der Waals surface area contributed by atoms with Crippen molar-refractivity contribution in [1.82, 2.24) is 15.0 Å². The first kappa shape index (κ1) is 21.3. The maximum Gasteiger partial charge on any atom is 0.420 e. The number of halogens is 3. The average molecular weight is 419 g/mol. The fourth-order valence-corrected chi connectivity index (χ4v) is 2.64. The highest BCUT2D eigenvalue weighted by atomic mass is 19.4. The molecule has 3 aromatic rings. The Hall–Kier alpha value is -3.40. The smallest absolute Gasteiger partial charge is 0.420 e. The molecule has 0 radical (unpaired) electrons. The van der Waals surface area contributed by atoms with Gasteiger partial charge >= 0.3 is 6.18 Å². The number of ether oxygens (including phenoxy) is 1.